The van der Waals surface area contributed by atoms with E-state index >= 15 is 0 Å². The number of esters is 2. The highest BCUT2D eigenvalue weighted by Crippen LogP contribution is 2.80. The summed E-state index contributed by atoms with van der Waals surface area (Å²) < 4.78 is 38.5. The second kappa shape index (κ2) is 19.5. The monoisotopic (exact) mass is 856 g/mol. The molecule has 3 N–H and O–H groups in total. The van der Waals surface area contributed by atoms with Gasteiger partial charge in [0.05, 0.1) is 30.5 Å². The molecule has 6 fully saturated rings. The molecule has 5 saturated carbocycles. The average Bonchev–Trinajstić information content (AvgIpc) is 3.64. The van der Waals surface area contributed by atoms with Crippen molar-refractivity contribution in [2.24, 2.45) is 34.5 Å². The summed E-state index contributed by atoms with van der Waals surface area (Å²) in [7, 11) is 8.40. The number of carbonyl (C=O) groups is 2. The maximum absolute atomic E-state index is 14.5. The summed E-state index contributed by atoms with van der Waals surface area (Å²) in [6.45, 7) is 2.98. The highest BCUT2D eigenvalue weighted by Gasteiger charge is 2.92. The van der Waals surface area contributed by atoms with Gasteiger partial charge in [0.25, 0.3) is 0 Å². The first-order chi connectivity index (χ1) is 29.5. The van der Waals surface area contributed by atoms with Crippen LogP contribution in [0.25, 0.3) is 0 Å². The largest absolute Gasteiger partial charge is 0.455 e. The zero-order valence-corrected chi connectivity index (χ0v) is 37.9. The van der Waals surface area contributed by atoms with Crippen LogP contribution in [0, 0.1) is 34.5 Å². The fraction of sp³-hybridized carbons (Fsp3) is 0.837. The van der Waals surface area contributed by atoms with Gasteiger partial charge in [0.2, 0.25) is 0 Å². The highest BCUT2D eigenvalue weighted by atomic mass is 16.6. The summed E-state index contributed by atoms with van der Waals surface area (Å²) in [5, 5.41) is 38.2. The smallest absolute Gasteiger partial charge is 0.338 e. The number of aliphatic hydroxyl groups excluding tert-OH is 2. The molecule has 5 aliphatic carbocycles. The molecule has 12 heteroatoms. The number of piperidine rings is 1. The number of hydrogen-bond acceptors (Lipinski definition) is 12. The molecule has 0 radical (unpaired) electrons. The van der Waals surface area contributed by atoms with E-state index in [0.29, 0.717) is 24.9 Å². The normalized spacial score (nSPS) is 40.6. The van der Waals surface area contributed by atoms with Gasteiger partial charge in [-0.1, -0.05) is 115 Å². The van der Waals surface area contributed by atoms with E-state index in [9.17, 15) is 24.9 Å². The molecule has 61 heavy (non-hydrogen) atoms. The molecule has 0 amide bonds. The number of methoxy groups -OCH3 is 4. The molecule has 1 aromatic rings. The Hall–Kier alpha value is -2.16. The fourth-order valence-corrected chi connectivity index (χ4v) is 14.8. The molecule has 15 atom stereocenters. The summed E-state index contributed by atoms with van der Waals surface area (Å²) in [5.74, 6) is -3.48. The maximum atomic E-state index is 14.5. The number of nitrogens with zero attached hydrogens (tertiary/aromatic N) is 1. The number of aliphatic hydroxyl groups is 3. The molecular formula is C49H77NO11. The molecule has 1 heterocycles. The lowest BCUT2D eigenvalue weighted by Gasteiger charge is -2.70. The molecule has 344 valence electrons. The molecular weight excluding hydrogens is 779 g/mol. The summed E-state index contributed by atoms with van der Waals surface area (Å²) in [4.78, 5) is 30.8. The van der Waals surface area contributed by atoms with Crippen molar-refractivity contribution in [2.75, 3.05) is 48.6 Å². The number of rotatable bonds is 24. The van der Waals surface area contributed by atoms with E-state index in [2.05, 4.69) is 11.8 Å². The topological polar surface area (TPSA) is 153 Å². The maximum Gasteiger partial charge on any atom is 0.338 e. The Morgan fingerprint density at radius 3 is 1.95 bits per heavy atom. The fourth-order valence-electron chi connectivity index (χ4n) is 14.8. The van der Waals surface area contributed by atoms with E-state index in [0.717, 1.165) is 19.3 Å². The van der Waals surface area contributed by atoms with Gasteiger partial charge in [0.15, 0.2) is 5.60 Å². The quantitative estimate of drug-likeness (QED) is 0.0769. The van der Waals surface area contributed by atoms with Crippen molar-refractivity contribution in [1.29, 1.82) is 0 Å². The molecule has 1 aromatic carbocycles. The Labute approximate surface area is 364 Å². The van der Waals surface area contributed by atoms with Crippen LogP contribution in [0.5, 0.6) is 0 Å². The van der Waals surface area contributed by atoms with Gasteiger partial charge in [-0.3, -0.25) is 4.79 Å². The first-order valence-corrected chi connectivity index (χ1v) is 23.8. The third kappa shape index (κ3) is 7.62. The zero-order chi connectivity index (χ0) is 43.6. The van der Waals surface area contributed by atoms with Crippen LogP contribution in [0.2, 0.25) is 0 Å². The van der Waals surface area contributed by atoms with Gasteiger partial charge in [-0.2, -0.15) is 0 Å². The van der Waals surface area contributed by atoms with Gasteiger partial charge in [-0.05, 0) is 37.9 Å². The Kier molecular flexibility index (Phi) is 15.0. The van der Waals surface area contributed by atoms with Crippen LogP contribution in [0.4, 0.5) is 0 Å². The third-order valence-corrected chi connectivity index (χ3v) is 16.8. The van der Waals surface area contributed by atoms with E-state index in [4.69, 9.17) is 28.4 Å². The number of unbranched alkanes of at least 4 members (excludes halogenated alkanes) is 14. The molecule has 1 saturated heterocycles. The molecule has 12 nitrogen and oxygen atoms in total. The van der Waals surface area contributed by atoms with E-state index in [1.165, 1.54) is 77.7 Å². The SMILES string of the molecule is CCCCCCCCCCCCCCCCCC(=O)O[C@]12[C@H]3[C@@H](OC(=O)c4ccccc4)[C@@](O)(C[C@H]3[C@@]34C(OC)C[C@@H](O)[C@@]5(COC)CN(C)[C@@H]3[C@@H]1[C@H](OC)[C@H]54)[C@@H](OC)[C@@H]2O. The number of hydrogen-bond donors (Lipinski definition) is 3. The summed E-state index contributed by atoms with van der Waals surface area (Å²) in [5.41, 5.74) is -4.83. The molecule has 6 aliphatic rings. The van der Waals surface area contributed by atoms with Crippen LogP contribution < -0.4 is 0 Å². The van der Waals surface area contributed by atoms with Crippen molar-refractivity contribution in [2.45, 2.75) is 176 Å². The Morgan fingerprint density at radius 1 is 0.787 bits per heavy atom. The summed E-state index contributed by atoms with van der Waals surface area (Å²) in [6.07, 6.45) is 12.8. The Bertz CT molecular complexity index is 1620. The second-order valence-electron chi connectivity index (χ2n) is 19.9. The number of fused-ring (bicyclic) bond motifs is 2. The predicted octanol–water partition coefficient (Wildman–Crippen LogP) is 6.50. The van der Waals surface area contributed by atoms with Crippen LogP contribution in [-0.2, 0) is 33.2 Å². The lowest BCUT2D eigenvalue weighted by molar-refractivity contribution is -0.321. The molecule has 7 bridgehead atoms. The van der Waals surface area contributed by atoms with Crippen LogP contribution in [0.3, 0.4) is 0 Å². The van der Waals surface area contributed by atoms with Gasteiger partial charge < -0.3 is 48.6 Å². The van der Waals surface area contributed by atoms with Gasteiger partial charge in [-0.25, -0.2) is 4.79 Å². The van der Waals surface area contributed by atoms with Crippen LogP contribution in [-0.4, -0.2) is 135 Å². The van der Waals surface area contributed by atoms with Crippen molar-refractivity contribution in [3.05, 3.63) is 35.9 Å². The van der Waals surface area contributed by atoms with Crippen LogP contribution in [0.1, 0.15) is 133 Å². The number of carbonyl (C=O) groups excluding carboxylic acids is 2. The molecule has 1 aliphatic heterocycles. The van der Waals surface area contributed by atoms with E-state index in [-0.39, 0.29) is 31.4 Å². The third-order valence-electron chi connectivity index (χ3n) is 16.8. The first kappa shape index (κ1) is 46.8. The molecule has 1 spiro atoms. The number of benzene rings is 1. The van der Waals surface area contributed by atoms with Crippen molar-refractivity contribution >= 4 is 11.9 Å². The lowest BCUT2D eigenvalue weighted by Crippen LogP contribution is -2.81. The lowest BCUT2D eigenvalue weighted by atomic mass is 9.42. The van der Waals surface area contributed by atoms with Crippen molar-refractivity contribution in [3.63, 3.8) is 0 Å². The van der Waals surface area contributed by atoms with Crippen molar-refractivity contribution < 1.29 is 53.3 Å². The second-order valence-corrected chi connectivity index (χ2v) is 19.9. The van der Waals surface area contributed by atoms with E-state index < -0.39 is 88.3 Å². The number of likely N-dealkylation sites (tertiary alicyclic amines) is 1. The summed E-state index contributed by atoms with van der Waals surface area (Å²) >= 11 is 0. The van der Waals surface area contributed by atoms with Crippen LogP contribution in [0.15, 0.2) is 30.3 Å². The molecule has 1 unspecified atom stereocenters. The van der Waals surface area contributed by atoms with Crippen LogP contribution >= 0.6 is 0 Å². The minimum absolute atomic E-state index is 0.0847. The minimum Gasteiger partial charge on any atom is -0.455 e. The Balaban J connectivity index is 1.16. The minimum atomic E-state index is -1.84. The number of ether oxygens (including phenoxy) is 6. The predicted molar refractivity (Wildman–Crippen MR) is 230 cm³/mol. The standard InChI is InChI=1S/C49H77NO11/c1-7-8-9-10-11-12-13-14-15-16-17-18-19-20-24-27-36(52)61-49-37-33(29-47(55,44(59-6)42(49)53)43(37)60-45(54)32-25-22-21-23-26-32)48-35(57-4)28-34(51)46(31-56-3)30-50(2)41(48)38(49)39(58-5)40(46)48/h21-23,25-26,33-35,37-44,51,53,55H,7-20,24,27-31H2,1-6H3/t33-,34-,35?,37-,38+,39+,40-,41-,42+,43-,44+,46+,47+,48+,49-/m1/s1. The highest BCUT2D eigenvalue weighted by molar-refractivity contribution is 5.89. The first-order valence-electron chi connectivity index (χ1n) is 23.8. The summed E-state index contributed by atoms with van der Waals surface area (Å²) in [6, 6.07) is 8.29. The molecule has 0 aromatic heterocycles. The van der Waals surface area contributed by atoms with Gasteiger partial charge in [0, 0.05) is 82.5 Å². The van der Waals surface area contributed by atoms with Crippen molar-refractivity contribution in [1.82, 2.24) is 4.90 Å². The van der Waals surface area contributed by atoms with Crippen molar-refractivity contribution in [3.8, 4) is 0 Å². The molecule has 7 rings (SSSR count). The van der Waals surface area contributed by atoms with E-state index in [1.807, 2.05) is 13.1 Å². The zero-order valence-electron chi connectivity index (χ0n) is 37.9. The van der Waals surface area contributed by atoms with Gasteiger partial charge in [-0.15, -0.1) is 0 Å². The average molecular weight is 856 g/mol. The van der Waals surface area contributed by atoms with Gasteiger partial charge in [0.1, 0.15) is 23.9 Å². The van der Waals surface area contributed by atoms with Gasteiger partial charge >= 0.3 is 11.9 Å². The Morgan fingerprint density at radius 2 is 1.39 bits per heavy atom. The van der Waals surface area contributed by atoms with E-state index in [1.54, 1.807) is 45.6 Å².